The van der Waals surface area contributed by atoms with Crippen LogP contribution in [-0.2, 0) is 15.9 Å². The van der Waals surface area contributed by atoms with Gasteiger partial charge in [-0.3, -0.25) is 9.59 Å². The number of fused-ring (bicyclic) bond motifs is 3. The Morgan fingerprint density at radius 2 is 1.88 bits per heavy atom. The van der Waals surface area contributed by atoms with Gasteiger partial charge in [-0.25, -0.2) is 0 Å². The van der Waals surface area contributed by atoms with Crippen molar-refractivity contribution >= 4 is 17.3 Å². The molecule has 2 aliphatic carbocycles. The second kappa shape index (κ2) is 10.1. The van der Waals surface area contributed by atoms with E-state index in [4.69, 9.17) is 19.9 Å². The van der Waals surface area contributed by atoms with E-state index in [1.807, 2.05) is 0 Å². The first kappa shape index (κ1) is 28.0. The zero-order valence-corrected chi connectivity index (χ0v) is 21.7. The minimum Gasteiger partial charge on any atom is -0.507 e. The first-order valence-corrected chi connectivity index (χ1v) is 12.6. The molecule has 6 atom stereocenters. The van der Waals surface area contributed by atoms with Crippen molar-refractivity contribution < 1.29 is 54.5 Å². The minimum absolute atomic E-state index is 0.0242. The van der Waals surface area contributed by atoms with Gasteiger partial charge in [-0.15, -0.1) is 0 Å². The van der Waals surface area contributed by atoms with E-state index in [0.717, 1.165) is 0 Å². The molecule has 1 aliphatic heterocycles. The summed E-state index contributed by atoms with van der Waals surface area (Å²) in [4.78, 5) is 27.2. The standard InChI is InChI=1S/C27H30N2O11/c1-10-22(31)13(28)6-17(39-10)40-15-8-27(36,16(9-30)29-37)7-12-19(15)26(35)21-20(24(12)33)23(32)11-4-3-5-14(38-2)18(11)25(21)34/h3-5,10,13,15,17,22,30-31,33,35-37H,6-9,28H2,1-2H3/t10-,13-,15-,17-,22+,27-/m0/s1. The van der Waals surface area contributed by atoms with Crippen LogP contribution in [0.3, 0.4) is 0 Å². The fourth-order valence-electron chi connectivity index (χ4n) is 5.88. The zero-order valence-electron chi connectivity index (χ0n) is 21.7. The maximum Gasteiger partial charge on any atom is 0.202 e. The number of aliphatic hydroxyl groups is 3. The summed E-state index contributed by atoms with van der Waals surface area (Å²) >= 11 is 0. The highest BCUT2D eigenvalue weighted by Gasteiger charge is 2.49. The molecule has 214 valence electrons. The number of phenolic OH excluding ortho intramolecular Hbond substituents is 2. The van der Waals surface area contributed by atoms with Crippen LogP contribution in [-0.4, -0.2) is 91.9 Å². The number of aliphatic hydroxyl groups excluding tert-OH is 2. The Bertz CT molecular complexity index is 1410. The number of methoxy groups -OCH3 is 1. The van der Waals surface area contributed by atoms with E-state index in [1.54, 1.807) is 6.92 Å². The van der Waals surface area contributed by atoms with Crippen LogP contribution in [0.1, 0.15) is 68.8 Å². The Morgan fingerprint density at radius 1 is 1.18 bits per heavy atom. The quantitative estimate of drug-likeness (QED) is 0.0970. The largest absolute Gasteiger partial charge is 0.507 e. The molecule has 0 aromatic heterocycles. The first-order chi connectivity index (χ1) is 19.0. The lowest BCUT2D eigenvalue weighted by atomic mass is 9.71. The van der Waals surface area contributed by atoms with Crippen LogP contribution in [0.15, 0.2) is 23.4 Å². The summed E-state index contributed by atoms with van der Waals surface area (Å²) in [6, 6.07) is 3.65. The van der Waals surface area contributed by atoms with Crippen LogP contribution in [0.4, 0.5) is 0 Å². The number of nitrogens with two attached hydrogens (primary N) is 1. The number of benzene rings is 2. The third-order valence-electron chi connectivity index (χ3n) is 7.95. The van der Waals surface area contributed by atoms with Gasteiger partial charge in [0.05, 0.1) is 48.7 Å². The number of ketones is 2. The van der Waals surface area contributed by atoms with Crippen molar-refractivity contribution in [3.63, 3.8) is 0 Å². The summed E-state index contributed by atoms with van der Waals surface area (Å²) in [6.45, 7) is 0.730. The second-order valence-corrected chi connectivity index (χ2v) is 10.3. The summed E-state index contributed by atoms with van der Waals surface area (Å²) in [5, 5.41) is 66.9. The summed E-state index contributed by atoms with van der Waals surface area (Å²) in [6.07, 6.45) is -4.93. The van der Waals surface area contributed by atoms with Gasteiger partial charge in [-0.2, -0.15) is 0 Å². The first-order valence-electron chi connectivity index (χ1n) is 12.6. The number of carbonyl (C=O) groups is 2. The molecule has 1 heterocycles. The molecule has 1 fully saturated rings. The Morgan fingerprint density at radius 3 is 2.50 bits per heavy atom. The molecule has 2 aromatic rings. The van der Waals surface area contributed by atoms with E-state index in [2.05, 4.69) is 5.16 Å². The van der Waals surface area contributed by atoms with Crippen LogP contribution in [0.2, 0.25) is 0 Å². The number of oxime groups is 1. The molecule has 3 aliphatic rings. The third kappa shape index (κ3) is 4.13. The normalized spacial score (nSPS) is 29.9. The topological polar surface area (TPSA) is 222 Å². The molecule has 0 bridgehead atoms. The van der Waals surface area contributed by atoms with E-state index >= 15 is 0 Å². The number of carbonyl (C=O) groups excluding carboxylic acids is 2. The van der Waals surface area contributed by atoms with Crippen molar-refractivity contribution in [2.24, 2.45) is 10.9 Å². The van der Waals surface area contributed by atoms with Gasteiger partial charge in [0.25, 0.3) is 0 Å². The van der Waals surface area contributed by atoms with Gasteiger partial charge >= 0.3 is 0 Å². The minimum atomic E-state index is -2.09. The zero-order chi connectivity index (χ0) is 29.1. The number of rotatable bonds is 5. The third-order valence-corrected chi connectivity index (χ3v) is 7.95. The lowest BCUT2D eigenvalue weighted by Gasteiger charge is -2.42. The summed E-state index contributed by atoms with van der Waals surface area (Å²) in [5.41, 5.74) is 2.19. The molecule has 40 heavy (non-hydrogen) atoms. The molecule has 0 spiro atoms. The molecule has 1 saturated heterocycles. The average Bonchev–Trinajstić information content (AvgIpc) is 2.92. The summed E-state index contributed by atoms with van der Waals surface area (Å²) in [7, 11) is 1.33. The number of ether oxygens (including phenoxy) is 3. The van der Waals surface area contributed by atoms with Crippen molar-refractivity contribution in [3.8, 4) is 17.2 Å². The predicted octanol–water partition coefficient (Wildman–Crippen LogP) is 0.262. The van der Waals surface area contributed by atoms with Crippen LogP contribution in [0, 0.1) is 0 Å². The van der Waals surface area contributed by atoms with E-state index in [9.17, 15) is 40.3 Å². The van der Waals surface area contributed by atoms with Crippen molar-refractivity contribution in [2.75, 3.05) is 13.7 Å². The number of phenols is 2. The lowest BCUT2D eigenvalue weighted by Crippen LogP contribution is -2.53. The highest BCUT2D eigenvalue weighted by atomic mass is 16.7. The van der Waals surface area contributed by atoms with Crippen LogP contribution >= 0.6 is 0 Å². The van der Waals surface area contributed by atoms with Crippen molar-refractivity contribution in [3.05, 3.63) is 51.6 Å². The number of nitrogens with zero attached hydrogens (tertiary/aromatic N) is 1. The highest BCUT2D eigenvalue weighted by molar-refractivity contribution is 6.31. The van der Waals surface area contributed by atoms with Gasteiger partial charge in [0, 0.05) is 42.0 Å². The SMILES string of the molecule is COc1cccc2c1C(=O)c1c(O)c3c(c(O)c1C2=O)C[C@@](O)(C(CO)=NO)C[C@@H]3O[C@H]1C[C@H](N)[C@H](O)[C@H](C)O1. The molecule has 8 N–H and O–H groups in total. The molecule has 2 aromatic carbocycles. The van der Waals surface area contributed by atoms with Crippen LogP contribution in [0.25, 0.3) is 0 Å². The van der Waals surface area contributed by atoms with Crippen LogP contribution in [0.5, 0.6) is 17.2 Å². The van der Waals surface area contributed by atoms with Gasteiger partial charge in [-0.05, 0) is 13.0 Å². The molecule has 0 unspecified atom stereocenters. The molecule has 0 radical (unpaired) electrons. The maximum absolute atomic E-state index is 13.7. The predicted molar refractivity (Wildman–Crippen MR) is 136 cm³/mol. The molecular weight excluding hydrogens is 528 g/mol. The molecule has 0 saturated carbocycles. The molecule has 0 amide bonds. The maximum atomic E-state index is 13.7. The second-order valence-electron chi connectivity index (χ2n) is 10.3. The Hall–Kier alpha value is -3.59. The highest BCUT2D eigenvalue weighted by Crippen LogP contribution is 2.52. The average molecular weight is 559 g/mol. The van der Waals surface area contributed by atoms with E-state index in [-0.39, 0.29) is 34.4 Å². The fourth-order valence-corrected chi connectivity index (χ4v) is 5.88. The van der Waals surface area contributed by atoms with E-state index < -0.39 is 95.6 Å². The van der Waals surface area contributed by atoms with Gasteiger partial charge in [0.15, 0.2) is 12.1 Å². The Labute approximate surface area is 228 Å². The molecule has 5 rings (SSSR count). The van der Waals surface area contributed by atoms with Gasteiger partial charge in [-0.1, -0.05) is 17.3 Å². The van der Waals surface area contributed by atoms with Gasteiger partial charge in [0.2, 0.25) is 5.78 Å². The van der Waals surface area contributed by atoms with Crippen molar-refractivity contribution in [1.29, 1.82) is 0 Å². The summed E-state index contributed by atoms with van der Waals surface area (Å²) in [5.74, 6) is -2.75. The lowest BCUT2D eigenvalue weighted by molar-refractivity contribution is -0.245. The molecule has 13 heteroatoms. The Kier molecular flexibility index (Phi) is 7.06. The van der Waals surface area contributed by atoms with E-state index in [1.165, 1.54) is 25.3 Å². The van der Waals surface area contributed by atoms with E-state index in [0.29, 0.717) is 0 Å². The number of hydrogen-bond donors (Lipinski definition) is 7. The Balaban J connectivity index is 1.70. The number of aromatic hydroxyl groups is 2. The summed E-state index contributed by atoms with van der Waals surface area (Å²) < 4.78 is 17.1. The van der Waals surface area contributed by atoms with Crippen molar-refractivity contribution in [1.82, 2.24) is 0 Å². The smallest absolute Gasteiger partial charge is 0.202 e. The molecular formula is C27H30N2O11. The van der Waals surface area contributed by atoms with Crippen molar-refractivity contribution in [2.45, 2.75) is 62.4 Å². The van der Waals surface area contributed by atoms with Gasteiger partial charge in [0.1, 0.15) is 28.6 Å². The molecule has 13 nitrogen and oxygen atoms in total. The van der Waals surface area contributed by atoms with Gasteiger partial charge < -0.3 is 50.7 Å². The fraction of sp³-hybridized carbons (Fsp3) is 0.444. The van der Waals surface area contributed by atoms with Crippen LogP contribution < -0.4 is 10.5 Å². The number of hydrogen-bond acceptors (Lipinski definition) is 13. The monoisotopic (exact) mass is 558 g/mol.